The third-order valence-electron chi connectivity index (χ3n) is 4.16. The molecular formula is C19H32N4O2. The van der Waals surface area contributed by atoms with E-state index < -0.39 is 0 Å². The molecule has 25 heavy (non-hydrogen) atoms. The fourth-order valence-electron chi connectivity index (χ4n) is 2.73. The first-order valence-electron chi connectivity index (χ1n) is 9.14. The van der Waals surface area contributed by atoms with Gasteiger partial charge in [-0.3, -0.25) is 4.99 Å². The van der Waals surface area contributed by atoms with Crippen molar-refractivity contribution in [3.05, 3.63) is 35.9 Å². The predicted molar refractivity (Wildman–Crippen MR) is 102 cm³/mol. The summed E-state index contributed by atoms with van der Waals surface area (Å²) in [7, 11) is 3.93. The maximum atomic E-state index is 5.76. The van der Waals surface area contributed by atoms with Crippen molar-refractivity contribution >= 4 is 5.96 Å². The molecule has 6 heteroatoms. The zero-order valence-corrected chi connectivity index (χ0v) is 15.5. The van der Waals surface area contributed by atoms with Crippen molar-refractivity contribution in [1.82, 2.24) is 15.5 Å². The molecule has 0 amide bonds. The molecule has 0 saturated carbocycles. The maximum absolute atomic E-state index is 5.76. The van der Waals surface area contributed by atoms with Crippen LogP contribution in [-0.4, -0.2) is 70.5 Å². The van der Waals surface area contributed by atoms with E-state index >= 15 is 0 Å². The van der Waals surface area contributed by atoms with Crippen molar-refractivity contribution < 1.29 is 9.47 Å². The van der Waals surface area contributed by atoms with E-state index in [1.807, 2.05) is 6.07 Å². The predicted octanol–water partition coefficient (Wildman–Crippen LogP) is 1.48. The van der Waals surface area contributed by atoms with Crippen LogP contribution >= 0.6 is 0 Å². The summed E-state index contributed by atoms with van der Waals surface area (Å²) in [5.41, 5.74) is 1.33. The number of ether oxygens (including phenoxy) is 2. The minimum absolute atomic E-state index is 0.289. The van der Waals surface area contributed by atoms with Gasteiger partial charge in [-0.1, -0.05) is 30.3 Å². The summed E-state index contributed by atoms with van der Waals surface area (Å²) in [6.07, 6.45) is 2.27. The Morgan fingerprint density at radius 1 is 1.28 bits per heavy atom. The SMILES string of the molecule is CN=C(NCCCOC1CCOC1)NCCN(C)Cc1ccccc1. The van der Waals surface area contributed by atoms with Crippen molar-refractivity contribution in [3.63, 3.8) is 0 Å². The molecule has 0 radical (unpaired) electrons. The lowest BCUT2D eigenvalue weighted by Gasteiger charge is -2.18. The zero-order chi connectivity index (χ0) is 17.7. The molecule has 1 fully saturated rings. The average Bonchev–Trinajstić information content (AvgIpc) is 3.14. The Labute approximate surface area is 151 Å². The average molecular weight is 348 g/mol. The fourth-order valence-corrected chi connectivity index (χ4v) is 2.73. The van der Waals surface area contributed by atoms with Gasteiger partial charge in [0.15, 0.2) is 5.96 Å². The van der Waals surface area contributed by atoms with Crippen molar-refractivity contribution in [2.24, 2.45) is 4.99 Å². The van der Waals surface area contributed by atoms with E-state index in [2.05, 4.69) is 51.8 Å². The van der Waals surface area contributed by atoms with Gasteiger partial charge in [0, 0.05) is 46.4 Å². The Balaban J connectivity index is 1.51. The van der Waals surface area contributed by atoms with Gasteiger partial charge in [-0.15, -0.1) is 0 Å². The maximum Gasteiger partial charge on any atom is 0.191 e. The van der Waals surface area contributed by atoms with Crippen LogP contribution in [0.5, 0.6) is 0 Å². The van der Waals surface area contributed by atoms with E-state index in [0.29, 0.717) is 0 Å². The van der Waals surface area contributed by atoms with Gasteiger partial charge in [0.1, 0.15) is 0 Å². The molecule has 0 aliphatic carbocycles. The van der Waals surface area contributed by atoms with Crippen LogP contribution in [-0.2, 0) is 16.0 Å². The number of nitrogens with zero attached hydrogens (tertiary/aromatic N) is 2. The Hall–Kier alpha value is -1.63. The van der Waals surface area contributed by atoms with E-state index in [4.69, 9.17) is 9.47 Å². The van der Waals surface area contributed by atoms with Crippen LogP contribution in [0.4, 0.5) is 0 Å². The number of likely N-dealkylation sites (N-methyl/N-ethyl adjacent to an activating group) is 1. The molecule has 140 valence electrons. The molecule has 1 unspecified atom stereocenters. The van der Waals surface area contributed by atoms with Crippen molar-refractivity contribution in [3.8, 4) is 0 Å². The second-order valence-electron chi connectivity index (χ2n) is 6.36. The van der Waals surface area contributed by atoms with Gasteiger partial charge in [-0.05, 0) is 25.5 Å². The van der Waals surface area contributed by atoms with Gasteiger partial charge in [0.25, 0.3) is 0 Å². The summed E-state index contributed by atoms with van der Waals surface area (Å²) in [6.45, 7) is 5.96. The molecule has 2 N–H and O–H groups in total. The molecule has 2 rings (SSSR count). The van der Waals surface area contributed by atoms with Gasteiger partial charge in [-0.25, -0.2) is 0 Å². The molecule has 1 saturated heterocycles. The first-order valence-corrected chi connectivity index (χ1v) is 9.14. The zero-order valence-electron chi connectivity index (χ0n) is 15.5. The fraction of sp³-hybridized carbons (Fsp3) is 0.632. The van der Waals surface area contributed by atoms with Crippen LogP contribution < -0.4 is 10.6 Å². The number of hydrogen-bond acceptors (Lipinski definition) is 4. The van der Waals surface area contributed by atoms with Crippen LogP contribution in [0.15, 0.2) is 35.3 Å². The highest BCUT2D eigenvalue weighted by Gasteiger charge is 2.15. The van der Waals surface area contributed by atoms with Crippen molar-refractivity contribution in [2.75, 3.05) is 53.6 Å². The monoisotopic (exact) mass is 348 g/mol. The summed E-state index contributed by atoms with van der Waals surface area (Å²) in [5, 5.41) is 6.68. The molecule has 1 aliphatic heterocycles. The highest BCUT2D eigenvalue weighted by molar-refractivity contribution is 5.79. The highest BCUT2D eigenvalue weighted by atomic mass is 16.5. The van der Waals surface area contributed by atoms with Crippen LogP contribution in [0.2, 0.25) is 0 Å². The molecule has 6 nitrogen and oxygen atoms in total. The number of rotatable bonds is 10. The van der Waals surface area contributed by atoms with Gasteiger partial charge < -0.3 is 25.0 Å². The molecule has 0 aromatic heterocycles. The van der Waals surface area contributed by atoms with E-state index in [-0.39, 0.29) is 6.10 Å². The molecule has 0 spiro atoms. The Kier molecular flexibility index (Phi) is 9.33. The summed E-state index contributed by atoms with van der Waals surface area (Å²) in [5.74, 6) is 0.845. The minimum Gasteiger partial charge on any atom is -0.379 e. The number of benzene rings is 1. The Bertz CT molecular complexity index is 489. The third kappa shape index (κ3) is 8.34. The first kappa shape index (κ1) is 19.7. The van der Waals surface area contributed by atoms with E-state index in [1.54, 1.807) is 7.05 Å². The Morgan fingerprint density at radius 3 is 2.80 bits per heavy atom. The molecular weight excluding hydrogens is 316 g/mol. The number of hydrogen-bond donors (Lipinski definition) is 2. The van der Waals surface area contributed by atoms with Gasteiger partial charge in [0.2, 0.25) is 0 Å². The lowest BCUT2D eigenvalue weighted by Crippen LogP contribution is -2.41. The number of guanidine groups is 1. The number of nitrogens with one attached hydrogen (secondary N) is 2. The van der Waals surface area contributed by atoms with Crippen LogP contribution in [0.3, 0.4) is 0 Å². The normalized spacial score (nSPS) is 17.9. The minimum atomic E-state index is 0.289. The summed E-state index contributed by atoms with van der Waals surface area (Å²) >= 11 is 0. The third-order valence-corrected chi connectivity index (χ3v) is 4.16. The molecule has 1 atom stereocenters. The van der Waals surface area contributed by atoms with Crippen LogP contribution in [0, 0.1) is 0 Å². The van der Waals surface area contributed by atoms with Crippen LogP contribution in [0.25, 0.3) is 0 Å². The molecule has 1 aliphatic rings. The van der Waals surface area contributed by atoms with E-state index in [0.717, 1.165) is 64.8 Å². The van der Waals surface area contributed by atoms with Crippen molar-refractivity contribution in [2.45, 2.75) is 25.5 Å². The molecule has 1 aromatic carbocycles. The smallest absolute Gasteiger partial charge is 0.191 e. The topological polar surface area (TPSA) is 58.1 Å². The van der Waals surface area contributed by atoms with E-state index in [1.165, 1.54) is 5.56 Å². The highest BCUT2D eigenvalue weighted by Crippen LogP contribution is 2.07. The quantitative estimate of drug-likeness (QED) is 0.381. The summed E-state index contributed by atoms with van der Waals surface area (Å²) < 4.78 is 11.1. The second-order valence-corrected chi connectivity index (χ2v) is 6.36. The van der Waals surface area contributed by atoms with Crippen molar-refractivity contribution in [1.29, 1.82) is 0 Å². The summed E-state index contributed by atoms with van der Waals surface area (Å²) in [4.78, 5) is 6.56. The standard InChI is InChI=1S/C19H32N4O2/c1-20-19(21-10-6-13-25-18-9-14-24-16-18)22-11-12-23(2)15-17-7-4-3-5-8-17/h3-5,7-8,18H,6,9-16H2,1-2H3,(H2,20,21,22). The molecule has 0 bridgehead atoms. The largest absolute Gasteiger partial charge is 0.379 e. The number of aliphatic imine (C=N–C) groups is 1. The van der Waals surface area contributed by atoms with E-state index in [9.17, 15) is 0 Å². The van der Waals surface area contributed by atoms with Gasteiger partial charge in [-0.2, -0.15) is 0 Å². The second kappa shape index (κ2) is 11.8. The lowest BCUT2D eigenvalue weighted by atomic mass is 10.2. The summed E-state index contributed by atoms with van der Waals surface area (Å²) in [6, 6.07) is 10.5. The lowest BCUT2D eigenvalue weighted by molar-refractivity contribution is 0.0420. The van der Waals surface area contributed by atoms with Gasteiger partial charge >= 0.3 is 0 Å². The molecule has 1 heterocycles. The molecule has 1 aromatic rings. The van der Waals surface area contributed by atoms with Gasteiger partial charge in [0.05, 0.1) is 12.7 Å². The first-order chi connectivity index (χ1) is 12.3. The van der Waals surface area contributed by atoms with Crippen LogP contribution in [0.1, 0.15) is 18.4 Å². The Morgan fingerprint density at radius 2 is 2.08 bits per heavy atom.